The van der Waals surface area contributed by atoms with Gasteiger partial charge in [-0.1, -0.05) is 44.8 Å². The molecule has 0 bridgehead atoms. The van der Waals surface area contributed by atoms with Gasteiger partial charge in [-0.2, -0.15) is 0 Å². The van der Waals surface area contributed by atoms with Crippen molar-refractivity contribution in [1.82, 2.24) is 5.32 Å². The lowest BCUT2D eigenvalue weighted by atomic mass is 9.59. The topological polar surface area (TPSA) is 51.5 Å². The quantitative estimate of drug-likeness (QED) is 0.529. The lowest BCUT2D eigenvalue weighted by Gasteiger charge is -2.46. The van der Waals surface area contributed by atoms with E-state index < -0.39 is 0 Å². The van der Waals surface area contributed by atoms with Gasteiger partial charge in [0.05, 0.1) is 12.2 Å². The van der Waals surface area contributed by atoms with Crippen LogP contribution in [-0.2, 0) is 16.0 Å². The van der Waals surface area contributed by atoms with Crippen molar-refractivity contribution in [2.24, 2.45) is 29.1 Å². The molecule has 1 aromatic heterocycles. The lowest BCUT2D eigenvalue weighted by Crippen LogP contribution is -2.44. The molecule has 3 fully saturated rings. The van der Waals surface area contributed by atoms with Crippen molar-refractivity contribution in [3.8, 4) is 0 Å². The van der Waals surface area contributed by atoms with Crippen LogP contribution in [0.3, 0.4) is 0 Å². The van der Waals surface area contributed by atoms with Crippen LogP contribution in [0, 0.1) is 29.1 Å². The van der Waals surface area contributed by atoms with Crippen molar-refractivity contribution in [2.75, 3.05) is 6.54 Å². The highest BCUT2D eigenvalue weighted by atomic mass is 16.6. The highest BCUT2D eigenvalue weighted by Gasteiger charge is 2.51. The Bertz CT molecular complexity index is 784. The molecule has 7 atom stereocenters. The lowest BCUT2D eigenvalue weighted by molar-refractivity contribution is -0.145. The number of rotatable bonds is 5. The van der Waals surface area contributed by atoms with Crippen LogP contribution in [0.2, 0.25) is 0 Å². The standard InChI is InChI=1S/C26H37NO3/c1-17-7-5-11-26(2)15-24-20(14-22(17)26)21(25(28)30-24)16-27-23-10-4-3-8-18(23)13-19-9-6-12-29-19/h6,9,12,14,17-18,20-21,23-24,27H,3-5,7-8,10-11,13,15-16H2,1-2H3/t17-,18-,20+,21+,23+,24+,26+/m0/s1. The minimum atomic E-state index is -0.0348. The van der Waals surface area contributed by atoms with Gasteiger partial charge in [-0.05, 0) is 61.5 Å². The first-order valence-corrected chi connectivity index (χ1v) is 12.2. The summed E-state index contributed by atoms with van der Waals surface area (Å²) in [7, 11) is 0. The number of hydrogen-bond acceptors (Lipinski definition) is 4. The molecule has 1 aromatic rings. The summed E-state index contributed by atoms with van der Waals surface area (Å²) >= 11 is 0. The largest absolute Gasteiger partial charge is 0.469 e. The maximum Gasteiger partial charge on any atom is 0.311 e. The van der Waals surface area contributed by atoms with Crippen LogP contribution in [0.15, 0.2) is 34.5 Å². The van der Waals surface area contributed by atoms with Crippen LogP contribution >= 0.6 is 0 Å². The Morgan fingerprint density at radius 2 is 2.07 bits per heavy atom. The van der Waals surface area contributed by atoms with Gasteiger partial charge in [0.1, 0.15) is 11.9 Å². The molecule has 2 saturated carbocycles. The molecule has 0 amide bonds. The smallest absolute Gasteiger partial charge is 0.311 e. The molecule has 164 valence electrons. The molecular weight excluding hydrogens is 374 g/mol. The summed E-state index contributed by atoms with van der Waals surface area (Å²) in [6.07, 6.45) is 15.1. The third kappa shape index (κ3) is 3.77. The molecule has 4 nitrogen and oxygen atoms in total. The molecule has 0 unspecified atom stereocenters. The van der Waals surface area contributed by atoms with Gasteiger partial charge in [-0.3, -0.25) is 4.79 Å². The Hall–Kier alpha value is -1.55. The maximum atomic E-state index is 12.8. The van der Waals surface area contributed by atoms with Gasteiger partial charge in [0.15, 0.2) is 0 Å². The zero-order valence-electron chi connectivity index (χ0n) is 18.6. The summed E-state index contributed by atoms with van der Waals surface area (Å²) in [5.41, 5.74) is 1.84. The molecule has 1 saturated heterocycles. The molecule has 30 heavy (non-hydrogen) atoms. The third-order valence-corrected chi connectivity index (χ3v) is 8.63. The number of carbonyl (C=O) groups is 1. The molecular formula is C26H37NO3. The molecule has 0 spiro atoms. The number of furan rings is 1. The van der Waals surface area contributed by atoms with E-state index >= 15 is 0 Å². The van der Waals surface area contributed by atoms with Gasteiger partial charge < -0.3 is 14.5 Å². The summed E-state index contributed by atoms with van der Waals surface area (Å²) < 4.78 is 11.6. The summed E-state index contributed by atoms with van der Waals surface area (Å²) in [6.45, 7) is 5.51. The van der Waals surface area contributed by atoms with E-state index in [4.69, 9.17) is 9.15 Å². The number of carbonyl (C=O) groups excluding carboxylic acids is 1. The van der Waals surface area contributed by atoms with E-state index in [1.807, 2.05) is 6.07 Å². The van der Waals surface area contributed by atoms with E-state index in [0.717, 1.165) is 25.1 Å². The van der Waals surface area contributed by atoms with Crippen molar-refractivity contribution >= 4 is 5.97 Å². The second kappa shape index (κ2) is 8.18. The van der Waals surface area contributed by atoms with Crippen molar-refractivity contribution in [3.63, 3.8) is 0 Å². The Morgan fingerprint density at radius 1 is 1.20 bits per heavy atom. The van der Waals surface area contributed by atoms with Crippen LogP contribution in [-0.4, -0.2) is 24.7 Å². The van der Waals surface area contributed by atoms with Crippen LogP contribution in [0.25, 0.3) is 0 Å². The van der Waals surface area contributed by atoms with E-state index in [2.05, 4.69) is 31.3 Å². The van der Waals surface area contributed by atoms with Gasteiger partial charge >= 0.3 is 5.97 Å². The van der Waals surface area contributed by atoms with Crippen LogP contribution in [0.5, 0.6) is 0 Å². The zero-order valence-corrected chi connectivity index (χ0v) is 18.6. The van der Waals surface area contributed by atoms with Gasteiger partial charge in [-0.15, -0.1) is 0 Å². The zero-order chi connectivity index (χ0) is 20.7. The highest BCUT2D eigenvalue weighted by Crippen LogP contribution is 2.53. The fraction of sp³-hybridized carbons (Fsp3) is 0.731. The number of nitrogens with one attached hydrogen (secondary N) is 1. The minimum Gasteiger partial charge on any atom is -0.469 e. The monoisotopic (exact) mass is 411 g/mol. The fourth-order valence-corrected chi connectivity index (χ4v) is 6.97. The summed E-state index contributed by atoms with van der Waals surface area (Å²) in [6, 6.07) is 4.53. The molecule has 1 aliphatic heterocycles. The molecule has 0 aromatic carbocycles. The van der Waals surface area contributed by atoms with E-state index in [1.54, 1.807) is 11.8 Å². The second-order valence-electron chi connectivity index (χ2n) is 10.7. The van der Waals surface area contributed by atoms with E-state index in [-0.39, 0.29) is 29.3 Å². The number of ether oxygens (including phenoxy) is 1. The fourth-order valence-electron chi connectivity index (χ4n) is 6.97. The summed E-state index contributed by atoms with van der Waals surface area (Å²) in [5, 5.41) is 3.81. The SMILES string of the molecule is C[C@H]1CCC[C@]2(C)C[C@H]3OC(=O)[C@H](CN[C@@H]4CCCC[C@H]4Cc4ccco4)[C@H]3C=C12. The number of fused-ring (bicyclic) bond motifs is 2. The molecule has 4 heteroatoms. The number of allylic oxidation sites excluding steroid dienone is 1. The van der Waals surface area contributed by atoms with Gasteiger partial charge in [-0.25, -0.2) is 0 Å². The highest BCUT2D eigenvalue weighted by molar-refractivity contribution is 5.76. The van der Waals surface area contributed by atoms with Crippen molar-refractivity contribution in [2.45, 2.75) is 83.8 Å². The molecule has 4 aliphatic rings. The van der Waals surface area contributed by atoms with Crippen molar-refractivity contribution < 1.29 is 13.9 Å². The summed E-state index contributed by atoms with van der Waals surface area (Å²) in [4.78, 5) is 12.8. The van der Waals surface area contributed by atoms with Crippen molar-refractivity contribution in [1.29, 1.82) is 0 Å². The summed E-state index contributed by atoms with van der Waals surface area (Å²) in [5.74, 6) is 2.54. The maximum absolute atomic E-state index is 12.8. The normalized spacial score (nSPS) is 41.0. The van der Waals surface area contributed by atoms with E-state index in [1.165, 1.54) is 44.9 Å². The molecule has 1 N–H and O–H groups in total. The first-order valence-electron chi connectivity index (χ1n) is 12.2. The Kier molecular flexibility index (Phi) is 5.55. The van der Waals surface area contributed by atoms with Gasteiger partial charge in [0.25, 0.3) is 0 Å². The number of hydrogen-bond donors (Lipinski definition) is 1. The Labute approximate surface area is 180 Å². The Morgan fingerprint density at radius 3 is 2.90 bits per heavy atom. The molecule has 5 rings (SSSR count). The third-order valence-electron chi connectivity index (χ3n) is 8.63. The molecule has 2 heterocycles. The molecule has 0 radical (unpaired) electrons. The van der Waals surface area contributed by atoms with Crippen molar-refractivity contribution in [3.05, 3.63) is 35.8 Å². The predicted octanol–water partition coefficient (Wildman–Crippen LogP) is 5.28. The minimum absolute atomic E-state index is 0.0163. The number of esters is 1. The van der Waals surface area contributed by atoms with Gasteiger partial charge in [0, 0.05) is 24.9 Å². The first-order chi connectivity index (χ1) is 14.5. The van der Waals surface area contributed by atoms with E-state index in [9.17, 15) is 4.79 Å². The van der Waals surface area contributed by atoms with Crippen LogP contribution in [0.4, 0.5) is 0 Å². The predicted molar refractivity (Wildman–Crippen MR) is 117 cm³/mol. The van der Waals surface area contributed by atoms with Gasteiger partial charge in [0.2, 0.25) is 0 Å². The average molecular weight is 412 g/mol. The average Bonchev–Trinajstić information content (AvgIpc) is 3.33. The van der Waals surface area contributed by atoms with Crippen LogP contribution in [0.1, 0.15) is 71.0 Å². The molecule has 3 aliphatic carbocycles. The van der Waals surface area contributed by atoms with Crippen LogP contribution < -0.4 is 5.32 Å². The Balaban J connectivity index is 1.28. The van der Waals surface area contributed by atoms with E-state index in [0.29, 0.717) is 17.9 Å². The second-order valence-corrected chi connectivity index (χ2v) is 10.7. The first kappa shape index (κ1) is 20.4.